The van der Waals surface area contributed by atoms with Crippen LogP contribution < -0.4 is 4.90 Å². The summed E-state index contributed by atoms with van der Waals surface area (Å²) in [5.74, 6) is -3.59. The zero-order valence-corrected chi connectivity index (χ0v) is 20.1. The number of carboxylic acid groups (broad SMARTS) is 2. The summed E-state index contributed by atoms with van der Waals surface area (Å²) in [7, 11) is 2.05. The third kappa shape index (κ3) is 9.44. The van der Waals surface area contributed by atoms with Crippen molar-refractivity contribution in [3.63, 3.8) is 0 Å². The molecule has 1 spiro atoms. The van der Waals surface area contributed by atoms with Crippen molar-refractivity contribution in [3.8, 4) is 0 Å². The molecular weight excluding hydrogens is 530 g/mol. The molecule has 4 rings (SSSR count). The predicted molar refractivity (Wildman–Crippen MR) is 118 cm³/mol. The third-order valence-electron chi connectivity index (χ3n) is 5.56. The highest BCUT2D eigenvalue weighted by Gasteiger charge is 2.42. The fourth-order valence-electron chi connectivity index (χ4n) is 3.78. The van der Waals surface area contributed by atoms with Crippen LogP contribution in [0, 0.1) is 5.41 Å². The van der Waals surface area contributed by atoms with Crippen LogP contribution in [-0.4, -0.2) is 98.3 Å². The number of halogens is 6. The molecule has 0 saturated carbocycles. The Morgan fingerprint density at radius 3 is 2.05 bits per heavy atom. The number of aromatic nitrogens is 4. The Labute approximate surface area is 212 Å². The Bertz CT molecular complexity index is 1030. The summed E-state index contributed by atoms with van der Waals surface area (Å²) in [5, 5.41) is 14.2. The van der Waals surface area contributed by atoms with E-state index in [-0.39, 0.29) is 5.41 Å². The maximum absolute atomic E-state index is 10.6. The third-order valence-corrected chi connectivity index (χ3v) is 5.56. The Morgan fingerprint density at radius 2 is 1.55 bits per heavy atom. The standard InChI is InChI=1S/C17H24N6O.2C2HF3O2/c1-21-8-6-18-15(21)11-22-7-3-17(12-22)13-23(9-10-24-14-17)16-19-4-2-5-20-16;2*3-2(4,5)1(6)7/h2,4-6,8H,3,7,9-14H2,1H3;2*(H,6,7). The molecule has 4 heterocycles. The lowest BCUT2D eigenvalue weighted by Gasteiger charge is -2.31. The number of nitrogens with zero attached hydrogens (tertiary/aromatic N) is 6. The Morgan fingerprint density at radius 1 is 0.974 bits per heavy atom. The molecule has 17 heteroatoms. The van der Waals surface area contributed by atoms with Gasteiger partial charge in [0.2, 0.25) is 5.95 Å². The van der Waals surface area contributed by atoms with Crippen LogP contribution in [0.2, 0.25) is 0 Å². The van der Waals surface area contributed by atoms with Gasteiger partial charge in [-0.25, -0.2) is 24.5 Å². The molecule has 0 radical (unpaired) electrons. The van der Waals surface area contributed by atoms with Gasteiger partial charge in [0.25, 0.3) is 0 Å². The maximum atomic E-state index is 10.6. The van der Waals surface area contributed by atoms with Crippen molar-refractivity contribution >= 4 is 17.9 Å². The Hall–Kier alpha value is -3.47. The lowest BCUT2D eigenvalue weighted by atomic mass is 9.87. The normalized spacial score (nSPS) is 20.1. The van der Waals surface area contributed by atoms with E-state index in [1.54, 1.807) is 0 Å². The van der Waals surface area contributed by atoms with Gasteiger partial charge in [-0.1, -0.05) is 0 Å². The number of hydrogen-bond donors (Lipinski definition) is 2. The van der Waals surface area contributed by atoms with Gasteiger partial charge in [0.05, 0.1) is 19.8 Å². The summed E-state index contributed by atoms with van der Waals surface area (Å²) in [6.07, 6.45) is -1.54. The van der Waals surface area contributed by atoms with Gasteiger partial charge in [0, 0.05) is 56.9 Å². The van der Waals surface area contributed by atoms with Crippen LogP contribution >= 0.6 is 0 Å². The van der Waals surface area contributed by atoms with E-state index < -0.39 is 24.3 Å². The molecule has 2 saturated heterocycles. The molecule has 2 aromatic rings. The SMILES string of the molecule is Cn1ccnc1CN1CCC2(COCCN(c3ncccn3)C2)C1.O=C(O)C(F)(F)F.O=C(O)C(F)(F)F. The molecule has 11 nitrogen and oxygen atoms in total. The van der Waals surface area contributed by atoms with Gasteiger partial charge in [-0.2, -0.15) is 26.3 Å². The van der Waals surface area contributed by atoms with E-state index >= 15 is 0 Å². The largest absolute Gasteiger partial charge is 0.490 e. The molecule has 1 unspecified atom stereocenters. The first-order valence-electron chi connectivity index (χ1n) is 11.0. The number of likely N-dealkylation sites (tertiary alicyclic amines) is 1. The lowest BCUT2D eigenvalue weighted by Crippen LogP contribution is -2.41. The van der Waals surface area contributed by atoms with Crippen molar-refractivity contribution in [2.24, 2.45) is 12.5 Å². The average molecular weight is 556 g/mol. The molecule has 0 amide bonds. The smallest absolute Gasteiger partial charge is 0.475 e. The zero-order chi connectivity index (χ0) is 28.6. The number of hydrogen-bond acceptors (Lipinski definition) is 8. The van der Waals surface area contributed by atoms with Gasteiger partial charge in [-0.3, -0.25) is 4.90 Å². The predicted octanol–water partition coefficient (Wildman–Crippen LogP) is 2.21. The molecule has 2 aliphatic heterocycles. The van der Waals surface area contributed by atoms with Crippen LogP contribution in [-0.2, 0) is 27.9 Å². The first kappa shape index (κ1) is 30.8. The fourth-order valence-corrected chi connectivity index (χ4v) is 3.78. The molecule has 2 N–H and O–H groups in total. The first-order chi connectivity index (χ1) is 17.6. The Balaban J connectivity index is 0.000000301. The second-order valence-electron chi connectivity index (χ2n) is 8.54. The van der Waals surface area contributed by atoms with Crippen molar-refractivity contribution in [2.75, 3.05) is 44.3 Å². The van der Waals surface area contributed by atoms with Gasteiger partial charge < -0.3 is 24.4 Å². The average Bonchev–Trinajstić information content (AvgIpc) is 3.34. The van der Waals surface area contributed by atoms with Crippen LogP contribution in [0.1, 0.15) is 12.2 Å². The van der Waals surface area contributed by atoms with Crippen molar-refractivity contribution in [1.29, 1.82) is 0 Å². The van der Waals surface area contributed by atoms with E-state index in [1.165, 1.54) is 0 Å². The van der Waals surface area contributed by atoms with Crippen LogP contribution in [0.5, 0.6) is 0 Å². The highest BCUT2D eigenvalue weighted by Crippen LogP contribution is 2.34. The van der Waals surface area contributed by atoms with E-state index in [2.05, 4.69) is 36.4 Å². The summed E-state index contributed by atoms with van der Waals surface area (Å²) in [5.41, 5.74) is 0.154. The molecule has 0 aliphatic carbocycles. The number of aliphatic carboxylic acids is 2. The van der Waals surface area contributed by atoms with Crippen molar-refractivity contribution in [3.05, 3.63) is 36.7 Å². The number of anilines is 1. The summed E-state index contributed by atoms with van der Waals surface area (Å²) >= 11 is 0. The minimum atomic E-state index is -5.08. The molecule has 2 aromatic heterocycles. The molecule has 2 fully saturated rings. The minimum Gasteiger partial charge on any atom is -0.475 e. The number of alkyl halides is 6. The highest BCUT2D eigenvalue weighted by molar-refractivity contribution is 5.73. The number of imidazole rings is 1. The van der Waals surface area contributed by atoms with Gasteiger partial charge in [0.15, 0.2) is 0 Å². The van der Waals surface area contributed by atoms with Gasteiger partial charge in [-0.15, -0.1) is 0 Å². The minimum absolute atomic E-state index is 0.154. The quantitative estimate of drug-likeness (QED) is 0.542. The van der Waals surface area contributed by atoms with Crippen molar-refractivity contribution in [2.45, 2.75) is 25.3 Å². The molecule has 0 aromatic carbocycles. The Kier molecular flexibility index (Phi) is 10.4. The van der Waals surface area contributed by atoms with Crippen LogP contribution in [0.25, 0.3) is 0 Å². The number of ether oxygens (including phenoxy) is 1. The second-order valence-corrected chi connectivity index (χ2v) is 8.54. The molecule has 212 valence electrons. The van der Waals surface area contributed by atoms with Crippen LogP contribution in [0.4, 0.5) is 32.3 Å². The number of carboxylic acids is 2. The zero-order valence-electron chi connectivity index (χ0n) is 20.1. The first-order valence-corrected chi connectivity index (χ1v) is 11.0. The topological polar surface area (TPSA) is 134 Å². The molecule has 0 bridgehead atoms. The van der Waals surface area contributed by atoms with E-state index in [0.29, 0.717) is 0 Å². The van der Waals surface area contributed by atoms with Crippen LogP contribution in [0.15, 0.2) is 30.9 Å². The van der Waals surface area contributed by atoms with Gasteiger partial charge >= 0.3 is 24.3 Å². The van der Waals surface area contributed by atoms with E-state index in [0.717, 1.165) is 64.1 Å². The monoisotopic (exact) mass is 556 g/mol. The van der Waals surface area contributed by atoms with E-state index in [1.807, 2.05) is 30.9 Å². The van der Waals surface area contributed by atoms with Crippen LogP contribution in [0.3, 0.4) is 0 Å². The number of aryl methyl sites for hydroxylation is 1. The lowest BCUT2D eigenvalue weighted by molar-refractivity contribution is -0.193. The molecular formula is C21H26F6N6O5. The van der Waals surface area contributed by atoms with E-state index in [4.69, 9.17) is 24.5 Å². The number of carbonyl (C=O) groups is 2. The maximum Gasteiger partial charge on any atom is 0.490 e. The summed E-state index contributed by atoms with van der Waals surface area (Å²) in [6.45, 7) is 6.36. The second kappa shape index (κ2) is 12.9. The highest BCUT2D eigenvalue weighted by atomic mass is 19.4. The van der Waals surface area contributed by atoms with Crippen molar-refractivity contribution < 1.29 is 50.9 Å². The van der Waals surface area contributed by atoms with E-state index in [9.17, 15) is 26.3 Å². The molecule has 38 heavy (non-hydrogen) atoms. The van der Waals surface area contributed by atoms with Gasteiger partial charge in [0.1, 0.15) is 5.82 Å². The number of rotatable bonds is 3. The summed E-state index contributed by atoms with van der Waals surface area (Å²) < 4.78 is 71.5. The fraction of sp³-hybridized carbons (Fsp3) is 0.571. The summed E-state index contributed by atoms with van der Waals surface area (Å²) in [4.78, 5) is 35.9. The summed E-state index contributed by atoms with van der Waals surface area (Å²) in [6, 6.07) is 1.86. The van der Waals surface area contributed by atoms with Crippen molar-refractivity contribution in [1.82, 2.24) is 24.4 Å². The van der Waals surface area contributed by atoms with Gasteiger partial charge in [-0.05, 0) is 19.0 Å². The molecule has 2 aliphatic rings. The molecule has 1 atom stereocenters.